The van der Waals surface area contributed by atoms with Crippen LogP contribution in [0, 0.1) is 0 Å². The Hall–Kier alpha value is -3.11. The SMILES string of the molecule is CCCCCc1ccc(OCc2ccccc2)c(NC=O)c1.CCCCc1ccc(CCN)cc1. The lowest BCUT2D eigenvalue weighted by molar-refractivity contribution is -0.105. The molecular weight excluding hydrogens is 432 g/mol. The number of hydrogen-bond donors (Lipinski definition) is 2. The van der Waals surface area contributed by atoms with Gasteiger partial charge in [0, 0.05) is 0 Å². The smallest absolute Gasteiger partial charge is 0.211 e. The normalized spacial score (nSPS) is 10.3. The third-order valence-electron chi connectivity index (χ3n) is 5.84. The van der Waals surface area contributed by atoms with Crippen molar-refractivity contribution in [2.24, 2.45) is 5.73 Å². The monoisotopic (exact) mass is 474 g/mol. The van der Waals surface area contributed by atoms with Crippen molar-refractivity contribution in [2.75, 3.05) is 11.9 Å². The molecule has 0 aliphatic carbocycles. The maximum absolute atomic E-state index is 10.8. The quantitative estimate of drug-likeness (QED) is 0.193. The van der Waals surface area contributed by atoms with Crippen molar-refractivity contribution in [1.29, 1.82) is 0 Å². The number of aryl methyl sites for hydroxylation is 2. The van der Waals surface area contributed by atoms with Crippen LogP contribution in [0.4, 0.5) is 5.69 Å². The van der Waals surface area contributed by atoms with Gasteiger partial charge in [0.15, 0.2) is 0 Å². The van der Waals surface area contributed by atoms with E-state index >= 15 is 0 Å². The molecule has 3 aromatic rings. The van der Waals surface area contributed by atoms with E-state index in [1.165, 1.54) is 55.2 Å². The summed E-state index contributed by atoms with van der Waals surface area (Å²) in [5.41, 5.74) is 11.3. The van der Waals surface area contributed by atoms with Gasteiger partial charge in [0.1, 0.15) is 12.4 Å². The largest absolute Gasteiger partial charge is 0.487 e. The fourth-order valence-electron chi connectivity index (χ4n) is 3.77. The minimum atomic E-state index is 0.490. The third kappa shape index (κ3) is 11.2. The molecule has 188 valence electrons. The molecule has 0 spiro atoms. The topological polar surface area (TPSA) is 64.3 Å². The Bertz CT molecular complexity index is 955. The van der Waals surface area contributed by atoms with Crippen molar-refractivity contribution in [2.45, 2.75) is 71.8 Å². The van der Waals surface area contributed by atoms with Crippen LogP contribution in [0.25, 0.3) is 0 Å². The standard InChI is InChI=1S/C19H23NO2.C12H19N/c1-2-3-5-8-16-11-12-19(18(13-16)20-15-21)22-14-17-9-6-4-7-10-17;1-2-3-4-11-5-7-12(8-6-11)9-10-13/h4,6-7,9-13,15H,2-3,5,8,14H2,1H3,(H,20,21);5-8H,2-4,9-10,13H2,1H3. The van der Waals surface area contributed by atoms with E-state index in [-0.39, 0.29) is 0 Å². The van der Waals surface area contributed by atoms with Gasteiger partial charge in [-0.3, -0.25) is 4.79 Å². The van der Waals surface area contributed by atoms with Gasteiger partial charge in [0.05, 0.1) is 5.69 Å². The number of ether oxygens (including phenoxy) is 1. The van der Waals surface area contributed by atoms with E-state index in [9.17, 15) is 4.79 Å². The molecule has 35 heavy (non-hydrogen) atoms. The first kappa shape index (κ1) is 28.1. The minimum Gasteiger partial charge on any atom is -0.487 e. The summed E-state index contributed by atoms with van der Waals surface area (Å²) in [4.78, 5) is 10.8. The van der Waals surface area contributed by atoms with E-state index in [4.69, 9.17) is 10.5 Å². The maximum Gasteiger partial charge on any atom is 0.211 e. The first-order chi connectivity index (χ1) is 17.2. The first-order valence-electron chi connectivity index (χ1n) is 13.0. The molecule has 4 heteroatoms. The van der Waals surface area contributed by atoms with E-state index in [1.807, 2.05) is 42.5 Å². The van der Waals surface area contributed by atoms with E-state index in [0.29, 0.717) is 18.8 Å². The van der Waals surface area contributed by atoms with Gasteiger partial charge < -0.3 is 15.8 Å². The fraction of sp³-hybridized carbons (Fsp3) is 0.387. The molecule has 0 fully saturated rings. The summed E-state index contributed by atoms with van der Waals surface area (Å²) in [5, 5.41) is 2.74. The predicted molar refractivity (Wildman–Crippen MR) is 148 cm³/mol. The van der Waals surface area contributed by atoms with Crippen molar-refractivity contribution >= 4 is 12.1 Å². The number of hydrogen-bond acceptors (Lipinski definition) is 3. The Morgan fingerprint density at radius 2 is 1.37 bits per heavy atom. The second kappa shape index (κ2) is 17.3. The second-order valence-electron chi connectivity index (χ2n) is 8.78. The number of anilines is 1. The Morgan fingerprint density at radius 3 is 2.00 bits per heavy atom. The maximum atomic E-state index is 10.8. The number of unbranched alkanes of at least 4 members (excludes halogenated alkanes) is 3. The van der Waals surface area contributed by atoms with E-state index in [1.54, 1.807) is 0 Å². The highest BCUT2D eigenvalue weighted by molar-refractivity contribution is 5.75. The predicted octanol–water partition coefficient (Wildman–Crippen LogP) is 7.10. The summed E-state index contributed by atoms with van der Waals surface area (Å²) >= 11 is 0. The van der Waals surface area contributed by atoms with Crippen LogP contribution >= 0.6 is 0 Å². The van der Waals surface area contributed by atoms with Crippen LogP contribution in [0.2, 0.25) is 0 Å². The van der Waals surface area contributed by atoms with Gasteiger partial charge in [0.2, 0.25) is 6.41 Å². The average Bonchev–Trinajstić information content (AvgIpc) is 2.89. The molecule has 3 rings (SSSR count). The van der Waals surface area contributed by atoms with Gasteiger partial charge in [-0.05, 0) is 73.0 Å². The molecule has 3 N–H and O–H groups in total. The van der Waals surface area contributed by atoms with Crippen LogP contribution in [-0.4, -0.2) is 13.0 Å². The van der Waals surface area contributed by atoms with Crippen molar-refractivity contribution < 1.29 is 9.53 Å². The third-order valence-corrected chi connectivity index (χ3v) is 5.84. The average molecular weight is 475 g/mol. The molecule has 3 aromatic carbocycles. The summed E-state index contributed by atoms with van der Waals surface area (Å²) in [6.07, 6.45) is 10.1. The molecule has 0 bridgehead atoms. The summed E-state index contributed by atoms with van der Waals surface area (Å²) in [7, 11) is 0. The Labute approximate surface area is 211 Å². The van der Waals surface area contributed by atoms with Crippen LogP contribution in [0.15, 0.2) is 72.8 Å². The lowest BCUT2D eigenvalue weighted by Gasteiger charge is -2.12. The molecule has 0 aromatic heterocycles. The second-order valence-corrected chi connectivity index (χ2v) is 8.78. The van der Waals surface area contributed by atoms with Gasteiger partial charge in [-0.25, -0.2) is 0 Å². The molecule has 0 heterocycles. The molecule has 1 amide bonds. The van der Waals surface area contributed by atoms with Crippen molar-refractivity contribution in [3.63, 3.8) is 0 Å². The highest BCUT2D eigenvalue weighted by atomic mass is 16.5. The first-order valence-corrected chi connectivity index (χ1v) is 13.0. The molecular formula is C31H42N2O2. The number of carbonyl (C=O) groups is 1. The van der Waals surface area contributed by atoms with Crippen molar-refractivity contribution in [3.8, 4) is 5.75 Å². The van der Waals surface area contributed by atoms with Gasteiger partial charge in [-0.2, -0.15) is 0 Å². The number of rotatable bonds is 14. The summed E-state index contributed by atoms with van der Waals surface area (Å²) in [5.74, 6) is 0.704. The van der Waals surface area contributed by atoms with Crippen molar-refractivity contribution in [1.82, 2.24) is 0 Å². The highest BCUT2D eigenvalue weighted by Gasteiger charge is 2.06. The van der Waals surface area contributed by atoms with Crippen LogP contribution in [0.1, 0.15) is 68.2 Å². The van der Waals surface area contributed by atoms with Crippen LogP contribution < -0.4 is 15.8 Å². The Balaban J connectivity index is 0.000000283. The van der Waals surface area contributed by atoms with Crippen LogP contribution in [-0.2, 0) is 30.7 Å². The molecule has 0 unspecified atom stereocenters. The van der Waals surface area contributed by atoms with Gasteiger partial charge in [-0.1, -0.05) is 93.8 Å². The molecule has 0 saturated heterocycles. The summed E-state index contributed by atoms with van der Waals surface area (Å²) in [6, 6.07) is 24.8. The van der Waals surface area contributed by atoms with E-state index in [2.05, 4.69) is 49.5 Å². The Kier molecular flexibility index (Phi) is 13.9. The molecule has 4 nitrogen and oxygen atoms in total. The fourth-order valence-corrected chi connectivity index (χ4v) is 3.77. The van der Waals surface area contributed by atoms with Crippen molar-refractivity contribution in [3.05, 3.63) is 95.1 Å². The molecule has 0 aliphatic heterocycles. The Morgan fingerprint density at radius 1 is 0.743 bits per heavy atom. The summed E-state index contributed by atoms with van der Waals surface area (Å²) in [6.45, 7) is 5.65. The zero-order valence-electron chi connectivity index (χ0n) is 21.5. The van der Waals surface area contributed by atoms with Crippen LogP contribution in [0.5, 0.6) is 5.75 Å². The zero-order chi connectivity index (χ0) is 25.1. The lowest BCUT2D eigenvalue weighted by atomic mass is 10.1. The summed E-state index contributed by atoms with van der Waals surface area (Å²) < 4.78 is 5.83. The van der Waals surface area contributed by atoms with E-state index in [0.717, 1.165) is 30.6 Å². The molecule has 0 aliphatic rings. The molecule has 0 saturated carbocycles. The number of benzene rings is 3. The number of nitrogens with one attached hydrogen (secondary N) is 1. The van der Waals surface area contributed by atoms with Crippen LogP contribution in [0.3, 0.4) is 0 Å². The zero-order valence-corrected chi connectivity index (χ0v) is 21.5. The lowest BCUT2D eigenvalue weighted by Crippen LogP contribution is -2.02. The molecule has 0 radical (unpaired) electrons. The number of amides is 1. The minimum absolute atomic E-state index is 0.490. The number of nitrogens with two attached hydrogens (primary N) is 1. The highest BCUT2D eigenvalue weighted by Crippen LogP contribution is 2.27. The van der Waals surface area contributed by atoms with Gasteiger partial charge in [-0.15, -0.1) is 0 Å². The van der Waals surface area contributed by atoms with Gasteiger partial charge in [0.25, 0.3) is 0 Å². The molecule has 0 atom stereocenters. The van der Waals surface area contributed by atoms with E-state index < -0.39 is 0 Å². The van der Waals surface area contributed by atoms with Gasteiger partial charge >= 0.3 is 0 Å². The number of carbonyl (C=O) groups excluding carboxylic acids is 1.